The van der Waals surface area contributed by atoms with Crippen LogP contribution in [0.15, 0.2) is 72.9 Å². The van der Waals surface area contributed by atoms with Crippen LogP contribution in [-0.2, 0) is 4.79 Å². The molecule has 0 bridgehead atoms. The maximum absolute atomic E-state index is 12.3. The van der Waals surface area contributed by atoms with E-state index in [1.807, 2.05) is 49.4 Å². The van der Waals surface area contributed by atoms with Crippen molar-refractivity contribution >= 4 is 17.7 Å². The average Bonchev–Trinajstić information content (AvgIpc) is 2.78. The van der Waals surface area contributed by atoms with E-state index in [1.165, 1.54) is 12.3 Å². The van der Waals surface area contributed by atoms with Gasteiger partial charge in [-0.2, -0.15) is 0 Å². The summed E-state index contributed by atoms with van der Waals surface area (Å²) in [6.45, 7) is 2.68. The fourth-order valence-corrected chi connectivity index (χ4v) is 2.64. The number of methoxy groups -OCH3 is 1. The number of nitrogens with zero attached hydrogens (tertiary/aromatic N) is 1. The van der Waals surface area contributed by atoms with Crippen LogP contribution in [0.3, 0.4) is 0 Å². The third kappa shape index (κ3) is 5.85. The lowest BCUT2D eigenvalue weighted by Crippen LogP contribution is -2.08. The highest BCUT2D eigenvalue weighted by molar-refractivity contribution is 6.02. The minimum atomic E-state index is -0.263. The number of para-hydroxylation sites is 3. The van der Waals surface area contributed by atoms with Gasteiger partial charge in [-0.25, -0.2) is 4.98 Å². The van der Waals surface area contributed by atoms with Crippen LogP contribution < -0.4 is 19.5 Å². The normalized spacial score (nSPS) is 10.6. The van der Waals surface area contributed by atoms with Crippen LogP contribution in [-0.4, -0.2) is 24.6 Å². The van der Waals surface area contributed by atoms with E-state index < -0.39 is 0 Å². The van der Waals surface area contributed by atoms with E-state index in [0.717, 1.165) is 17.7 Å². The van der Waals surface area contributed by atoms with Crippen LogP contribution in [0, 0.1) is 0 Å². The molecule has 0 unspecified atom stereocenters. The Morgan fingerprint density at radius 2 is 1.73 bits per heavy atom. The van der Waals surface area contributed by atoms with Gasteiger partial charge in [0.05, 0.1) is 25.6 Å². The van der Waals surface area contributed by atoms with E-state index in [2.05, 4.69) is 10.3 Å². The summed E-state index contributed by atoms with van der Waals surface area (Å²) in [5, 5.41) is 2.78. The zero-order valence-electron chi connectivity index (χ0n) is 17.0. The minimum absolute atomic E-state index is 0.263. The molecule has 6 nitrogen and oxygen atoms in total. The standard InChI is InChI=1S/C24H24N2O4/c1-3-16-29-20-9-5-4-8-18(20)12-14-23(27)26-19-13-15-24(25-17-19)30-22-11-7-6-10-21(22)28-2/h4-15,17H,3,16H2,1-2H3,(H,26,27)/b14-12+. The number of anilines is 1. The molecule has 0 fully saturated rings. The number of pyridine rings is 1. The van der Waals surface area contributed by atoms with Crippen molar-refractivity contribution in [3.8, 4) is 23.1 Å². The number of rotatable bonds is 9. The molecule has 0 aliphatic rings. The molecule has 0 aliphatic heterocycles. The van der Waals surface area contributed by atoms with Gasteiger partial charge in [-0.15, -0.1) is 0 Å². The Bertz CT molecular complexity index is 1000. The third-order valence-electron chi connectivity index (χ3n) is 4.08. The van der Waals surface area contributed by atoms with Gasteiger partial charge in [0.15, 0.2) is 11.5 Å². The number of benzene rings is 2. The molecule has 154 valence electrons. The largest absolute Gasteiger partial charge is 0.493 e. The first-order chi connectivity index (χ1) is 14.7. The van der Waals surface area contributed by atoms with Crippen LogP contribution in [0.1, 0.15) is 18.9 Å². The molecule has 0 saturated heterocycles. The van der Waals surface area contributed by atoms with Crippen molar-refractivity contribution in [3.05, 3.63) is 78.5 Å². The number of ether oxygens (including phenoxy) is 3. The van der Waals surface area contributed by atoms with Gasteiger partial charge < -0.3 is 19.5 Å². The molecule has 1 amide bonds. The van der Waals surface area contributed by atoms with Crippen molar-refractivity contribution in [2.75, 3.05) is 19.0 Å². The van der Waals surface area contributed by atoms with Crippen LogP contribution in [0.25, 0.3) is 6.08 Å². The number of hydrogen-bond acceptors (Lipinski definition) is 5. The van der Waals surface area contributed by atoms with Gasteiger partial charge in [-0.3, -0.25) is 4.79 Å². The van der Waals surface area contributed by atoms with Crippen molar-refractivity contribution in [2.24, 2.45) is 0 Å². The first kappa shape index (κ1) is 20.9. The monoisotopic (exact) mass is 404 g/mol. The van der Waals surface area contributed by atoms with Crippen LogP contribution in [0.4, 0.5) is 5.69 Å². The maximum atomic E-state index is 12.3. The summed E-state index contributed by atoms with van der Waals surface area (Å²) < 4.78 is 16.7. The highest BCUT2D eigenvalue weighted by Crippen LogP contribution is 2.30. The zero-order chi connectivity index (χ0) is 21.2. The second-order valence-electron chi connectivity index (χ2n) is 6.35. The highest BCUT2D eigenvalue weighted by Gasteiger charge is 2.06. The smallest absolute Gasteiger partial charge is 0.248 e. The van der Waals surface area contributed by atoms with Crippen molar-refractivity contribution in [1.82, 2.24) is 4.98 Å². The molecule has 1 aromatic heterocycles. The van der Waals surface area contributed by atoms with Gasteiger partial charge in [0, 0.05) is 17.7 Å². The van der Waals surface area contributed by atoms with E-state index in [0.29, 0.717) is 29.7 Å². The molecule has 0 saturated carbocycles. The van der Waals surface area contributed by atoms with Crippen LogP contribution >= 0.6 is 0 Å². The Labute approximate surface area is 176 Å². The number of aromatic nitrogens is 1. The van der Waals surface area contributed by atoms with Gasteiger partial charge in [0.1, 0.15) is 5.75 Å². The summed E-state index contributed by atoms with van der Waals surface area (Å²) in [5.74, 6) is 2.07. The van der Waals surface area contributed by atoms with Gasteiger partial charge in [-0.1, -0.05) is 37.3 Å². The molecule has 30 heavy (non-hydrogen) atoms. The summed E-state index contributed by atoms with van der Waals surface area (Å²) >= 11 is 0. The second-order valence-corrected chi connectivity index (χ2v) is 6.35. The van der Waals surface area contributed by atoms with Crippen LogP contribution in [0.5, 0.6) is 23.1 Å². The topological polar surface area (TPSA) is 69.7 Å². The lowest BCUT2D eigenvalue weighted by molar-refractivity contribution is -0.111. The fraction of sp³-hybridized carbons (Fsp3) is 0.167. The summed E-state index contributed by atoms with van der Waals surface area (Å²) in [7, 11) is 1.58. The predicted octanol–water partition coefficient (Wildman–Crippen LogP) is 5.32. The first-order valence-corrected chi connectivity index (χ1v) is 9.67. The lowest BCUT2D eigenvalue weighted by atomic mass is 10.2. The van der Waals surface area contributed by atoms with Gasteiger partial charge >= 0.3 is 0 Å². The molecule has 1 heterocycles. The van der Waals surface area contributed by atoms with Crippen LogP contribution in [0.2, 0.25) is 0 Å². The summed E-state index contributed by atoms with van der Waals surface area (Å²) in [6, 6.07) is 18.3. The molecule has 3 rings (SSSR count). The lowest BCUT2D eigenvalue weighted by Gasteiger charge is -2.09. The number of carbonyl (C=O) groups is 1. The predicted molar refractivity (Wildman–Crippen MR) is 117 cm³/mol. The molecule has 0 aliphatic carbocycles. The number of carbonyl (C=O) groups excluding carboxylic acids is 1. The van der Waals surface area contributed by atoms with E-state index in [9.17, 15) is 4.79 Å². The summed E-state index contributed by atoms with van der Waals surface area (Å²) in [5.41, 5.74) is 1.41. The Hall–Kier alpha value is -3.80. The van der Waals surface area contributed by atoms with E-state index in [1.54, 1.807) is 31.4 Å². The van der Waals surface area contributed by atoms with Crippen molar-refractivity contribution in [1.29, 1.82) is 0 Å². The Morgan fingerprint density at radius 1 is 1.00 bits per heavy atom. The maximum Gasteiger partial charge on any atom is 0.248 e. The van der Waals surface area contributed by atoms with E-state index >= 15 is 0 Å². The SMILES string of the molecule is CCCOc1ccccc1/C=C/C(=O)Nc1ccc(Oc2ccccc2OC)nc1. The van der Waals surface area contributed by atoms with Crippen molar-refractivity contribution in [3.63, 3.8) is 0 Å². The molecule has 3 aromatic rings. The quantitative estimate of drug-likeness (QED) is 0.489. The zero-order valence-corrected chi connectivity index (χ0v) is 17.0. The molecular formula is C24H24N2O4. The molecule has 0 radical (unpaired) electrons. The van der Waals surface area contributed by atoms with E-state index in [-0.39, 0.29) is 5.91 Å². The Balaban J connectivity index is 1.60. The molecule has 0 atom stereocenters. The molecule has 1 N–H and O–H groups in total. The first-order valence-electron chi connectivity index (χ1n) is 9.67. The third-order valence-corrected chi connectivity index (χ3v) is 4.08. The molecule has 0 spiro atoms. The van der Waals surface area contributed by atoms with Gasteiger partial charge in [-0.05, 0) is 36.8 Å². The van der Waals surface area contributed by atoms with Gasteiger partial charge in [0.25, 0.3) is 0 Å². The summed E-state index contributed by atoms with van der Waals surface area (Å²) in [4.78, 5) is 16.5. The second kappa shape index (κ2) is 10.7. The number of hydrogen-bond donors (Lipinski definition) is 1. The average molecular weight is 404 g/mol. The molecule has 2 aromatic carbocycles. The highest BCUT2D eigenvalue weighted by atomic mass is 16.5. The molecule has 6 heteroatoms. The van der Waals surface area contributed by atoms with Crippen molar-refractivity contribution in [2.45, 2.75) is 13.3 Å². The number of amides is 1. The van der Waals surface area contributed by atoms with Gasteiger partial charge in [0.2, 0.25) is 11.8 Å². The Morgan fingerprint density at radius 3 is 2.43 bits per heavy atom. The Kier molecular flexibility index (Phi) is 7.44. The van der Waals surface area contributed by atoms with E-state index in [4.69, 9.17) is 14.2 Å². The summed E-state index contributed by atoms with van der Waals surface area (Å²) in [6.07, 6.45) is 5.65. The number of nitrogens with one attached hydrogen (secondary N) is 1. The fourth-order valence-electron chi connectivity index (χ4n) is 2.64. The minimum Gasteiger partial charge on any atom is -0.493 e. The van der Waals surface area contributed by atoms with Crippen molar-refractivity contribution < 1.29 is 19.0 Å². The molecular weight excluding hydrogens is 380 g/mol.